The van der Waals surface area contributed by atoms with Gasteiger partial charge in [-0.3, -0.25) is 0 Å². The number of ether oxygens (including phenoxy) is 1. The Morgan fingerprint density at radius 2 is 1.84 bits per heavy atom. The molecule has 1 fully saturated rings. The lowest BCUT2D eigenvalue weighted by Gasteiger charge is -2.36. The second kappa shape index (κ2) is 10.5. The monoisotopic (exact) mass is 510 g/mol. The second-order valence-corrected chi connectivity index (χ2v) is 8.22. The quantitative estimate of drug-likeness (QED) is 0.498. The van der Waals surface area contributed by atoms with Gasteiger partial charge in [0.15, 0.2) is 17.4 Å². The zero-order chi connectivity index (χ0) is 26.6. The fraction of sp³-hybridized carbons (Fsp3) is 0.280. The van der Waals surface area contributed by atoms with Gasteiger partial charge < -0.3 is 24.3 Å². The molecule has 1 aliphatic heterocycles. The predicted molar refractivity (Wildman–Crippen MR) is 125 cm³/mol. The fourth-order valence-corrected chi connectivity index (χ4v) is 3.97. The largest absolute Gasteiger partial charge is 0.441 e. The summed E-state index contributed by atoms with van der Waals surface area (Å²) >= 11 is 0. The molecule has 3 aromatic rings. The number of anilines is 1. The van der Waals surface area contributed by atoms with Crippen molar-refractivity contribution in [1.82, 2.24) is 15.2 Å². The number of alkyl halides is 3. The van der Waals surface area contributed by atoms with E-state index in [0.29, 0.717) is 49.1 Å². The van der Waals surface area contributed by atoms with E-state index in [9.17, 15) is 23.2 Å². The van der Waals surface area contributed by atoms with Crippen LogP contribution in [0.3, 0.4) is 0 Å². The Morgan fingerprint density at radius 3 is 2.41 bits per heavy atom. The first kappa shape index (κ1) is 25.4. The number of benzene rings is 2. The summed E-state index contributed by atoms with van der Waals surface area (Å²) in [5, 5.41) is 21.1. The minimum atomic E-state index is -4.49. The third-order valence-electron chi connectivity index (χ3n) is 5.91. The molecule has 190 valence electrons. The van der Waals surface area contributed by atoms with Crippen molar-refractivity contribution in [1.29, 1.82) is 10.5 Å². The predicted octanol–water partition coefficient (Wildman–Crippen LogP) is 4.63. The molecule has 0 radical (unpaired) electrons. The molecule has 1 atom stereocenters. The van der Waals surface area contributed by atoms with Crippen LogP contribution in [0.4, 0.5) is 23.7 Å². The SMILES string of the molecule is Cc1ncc(-c2ccc(N3CCN(C(=O)NC(C#N)c4ccc(C(F)(F)F)cc4)CC3)cc2OC#N)o1. The normalized spacial score (nSPS) is 14.4. The molecular formula is C25H21F3N6O3. The Balaban J connectivity index is 1.39. The number of carbonyl (C=O) groups excluding carboxylic acids is 1. The van der Waals surface area contributed by atoms with Crippen molar-refractivity contribution in [3.8, 4) is 29.4 Å². The molecule has 9 nitrogen and oxygen atoms in total. The average Bonchev–Trinajstić information content (AvgIpc) is 3.33. The van der Waals surface area contributed by atoms with Gasteiger partial charge in [0.25, 0.3) is 6.26 Å². The summed E-state index contributed by atoms with van der Waals surface area (Å²) in [6.07, 6.45) is -1.26. The van der Waals surface area contributed by atoms with E-state index in [2.05, 4.69) is 10.3 Å². The minimum Gasteiger partial charge on any atom is -0.441 e. The molecule has 0 bridgehead atoms. The smallest absolute Gasteiger partial charge is 0.416 e. The molecule has 1 aromatic heterocycles. The summed E-state index contributed by atoms with van der Waals surface area (Å²) in [5.41, 5.74) is 0.789. The number of urea groups is 1. The van der Waals surface area contributed by atoms with E-state index in [1.165, 1.54) is 17.0 Å². The van der Waals surface area contributed by atoms with Crippen LogP contribution < -0.4 is 15.0 Å². The number of aryl methyl sites for hydroxylation is 1. The molecule has 1 unspecified atom stereocenters. The van der Waals surface area contributed by atoms with Gasteiger partial charge in [0.05, 0.1) is 23.4 Å². The maximum Gasteiger partial charge on any atom is 0.416 e. The van der Waals surface area contributed by atoms with Crippen LogP contribution in [-0.4, -0.2) is 42.1 Å². The molecule has 0 saturated carbocycles. The van der Waals surface area contributed by atoms with E-state index >= 15 is 0 Å². The lowest BCUT2D eigenvalue weighted by molar-refractivity contribution is -0.137. The number of nitrogens with zero attached hydrogens (tertiary/aromatic N) is 5. The highest BCUT2D eigenvalue weighted by Crippen LogP contribution is 2.34. The third-order valence-corrected chi connectivity index (χ3v) is 5.91. The summed E-state index contributed by atoms with van der Waals surface area (Å²) in [6.45, 7) is 3.33. The van der Waals surface area contributed by atoms with E-state index in [1.54, 1.807) is 31.5 Å². The summed E-state index contributed by atoms with van der Waals surface area (Å²) in [4.78, 5) is 20.4. The van der Waals surface area contributed by atoms with Gasteiger partial charge in [-0.1, -0.05) is 12.1 Å². The van der Waals surface area contributed by atoms with Crippen molar-refractivity contribution >= 4 is 11.7 Å². The molecule has 2 heterocycles. The van der Waals surface area contributed by atoms with Crippen molar-refractivity contribution in [3.63, 3.8) is 0 Å². The standard InChI is InChI=1S/C25H21F3N6O3/c1-16-31-14-23(37-16)20-7-6-19(12-22(20)36-15-30)33-8-10-34(11-9-33)24(35)32-21(13-29)17-2-4-18(5-3-17)25(26,27)28/h2-7,12,14,21H,8-11H2,1H3,(H,32,35). The lowest BCUT2D eigenvalue weighted by Crippen LogP contribution is -2.52. The van der Waals surface area contributed by atoms with Crippen LogP contribution in [0.2, 0.25) is 0 Å². The van der Waals surface area contributed by atoms with Gasteiger partial charge in [0, 0.05) is 44.9 Å². The van der Waals surface area contributed by atoms with Crippen LogP contribution >= 0.6 is 0 Å². The van der Waals surface area contributed by atoms with E-state index in [4.69, 9.17) is 14.4 Å². The van der Waals surface area contributed by atoms with Gasteiger partial charge in [0.1, 0.15) is 6.04 Å². The molecule has 0 spiro atoms. The van der Waals surface area contributed by atoms with Crippen molar-refractivity contribution < 1.29 is 27.1 Å². The Bertz CT molecular complexity index is 1350. The fourth-order valence-electron chi connectivity index (χ4n) is 3.97. The van der Waals surface area contributed by atoms with Crippen LogP contribution in [-0.2, 0) is 6.18 Å². The Morgan fingerprint density at radius 1 is 1.14 bits per heavy atom. The maximum absolute atomic E-state index is 12.8. The first-order valence-electron chi connectivity index (χ1n) is 11.2. The van der Waals surface area contributed by atoms with Crippen LogP contribution in [0, 0.1) is 29.8 Å². The summed E-state index contributed by atoms with van der Waals surface area (Å²) < 4.78 is 49.1. The topological polar surface area (TPSA) is 118 Å². The van der Waals surface area contributed by atoms with Gasteiger partial charge in [-0.25, -0.2) is 9.78 Å². The zero-order valence-electron chi connectivity index (χ0n) is 19.6. The Labute approximate surface area is 210 Å². The number of nitriles is 2. The molecule has 4 rings (SSSR count). The highest BCUT2D eigenvalue weighted by atomic mass is 19.4. The molecule has 1 N–H and O–H groups in total. The molecule has 2 aromatic carbocycles. The number of halogens is 3. The van der Waals surface area contributed by atoms with Crippen LogP contribution in [0.1, 0.15) is 23.1 Å². The number of nitrogens with one attached hydrogen (secondary N) is 1. The van der Waals surface area contributed by atoms with Crippen LogP contribution in [0.15, 0.2) is 53.1 Å². The third kappa shape index (κ3) is 5.76. The van der Waals surface area contributed by atoms with E-state index in [1.807, 2.05) is 17.0 Å². The molecule has 2 amide bonds. The Kier molecular flexibility index (Phi) is 7.20. The summed E-state index contributed by atoms with van der Waals surface area (Å²) in [6, 6.07) is 9.78. The number of hydrogen-bond acceptors (Lipinski definition) is 7. The Hall–Kier alpha value is -4.71. The minimum absolute atomic E-state index is 0.259. The first-order chi connectivity index (χ1) is 17.7. The molecule has 12 heteroatoms. The van der Waals surface area contributed by atoms with Crippen molar-refractivity contribution in [2.75, 3.05) is 31.1 Å². The lowest BCUT2D eigenvalue weighted by atomic mass is 10.1. The van der Waals surface area contributed by atoms with Crippen LogP contribution in [0.25, 0.3) is 11.3 Å². The molecule has 37 heavy (non-hydrogen) atoms. The van der Waals surface area contributed by atoms with Gasteiger partial charge in [0.2, 0.25) is 0 Å². The van der Waals surface area contributed by atoms with E-state index in [-0.39, 0.29) is 5.56 Å². The van der Waals surface area contributed by atoms with Crippen LogP contribution in [0.5, 0.6) is 5.75 Å². The highest BCUT2D eigenvalue weighted by molar-refractivity contribution is 5.76. The van der Waals surface area contributed by atoms with Crippen molar-refractivity contribution in [2.24, 2.45) is 0 Å². The van der Waals surface area contributed by atoms with Crippen molar-refractivity contribution in [3.05, 3.63) is 65.7 Å². The van der Waals surface area contributed by atoms with Gasteiger partial charge in [-0.15, -0.1) is 5.26 Å². The number of carbonyl (C=O) groups is 1. The number of oxazole rings is 1. The molecular weight excluding hydrogens is 489 g/mol. The highest BCUT2D eigenvalue weighted by Gasteiger charge is 2.31. The number of amides is 2. The maximum atomic E-state index is 12.8. The number of piperazine rings is 1. The zero-order valence-corrected chi connectivity index (χ0v) is 19.6. The summed E-state index contributed by atoms with van der Waals surface area (Å²) in [7, 11) is 0. The average molecular weight is 510 g/mol. The number of aromatic nitrogens is 1. The number of hydrogen-bond donors (Lipinski definition) is 1. The van der Waals surface area contributed by atoms with E-state index < -0.39 is 23.8 Å². The van der Waals surface area contributed by atoms with Gasteiger partial charge in [-0.05, 0) is 29.8 Å². The van der Waals surface area contributed by atoms with Crippen molar-refractivity contribution in [2.45, 2.75) is 19.1 Å². The first-order valence-corrected chi connectivity index (χ1v) is 11.2. The molecule has 0 aliphatic carbocycles. The second-order valence-electron chi connectivity index (χ2n) is 8.22. The van der Waals surface area contributed by atoms with E-state index in [0.717, 1.165) is 17.8 Å². The molecule has 1 aliphatic rings. The van der Waals surface area contributed by atoms with Gasteiger partial charge in [-0.2, -0.15) is 18.4 Å². The summed E-state index contributed by atoms with van der Waals surface area (Å²) in [5.74, 6) is 1.26. The number of rotatable bonds is 5. The molecule has 1 saturated heterocycles. The van der Waals surface area contributed by atoms with Gasteiger partial charge >= 0.3 is 12.2 Å².